The minimum atomic E-state index is -0.726. The Hall–Kier alpha value is -1.70. The molecule has 0 saturated carbocycles. The summed E-state index contributed by atoms with van der Waals surface area (Å²) in [6.07, 6.45) is 4.55. The number of carbonyl (C=O) groups excluding carboxylic acids is 1. The van der Waals surface area contributed by atoms with Gasteiger partial charge in [0.1, 0.15) is 5.65 Å². The summed E-state index contributed by atoms with van der Waals surface area (Å²) in [6.45, 7) is 2.03. The number of imidazole rings is 1. The fraction of sp³-hybridized carbons (Fsp3) is 0.500. The van der Waals surface area contributed by atoms with Crippen molar-refractivity contribution < 1.29 is 14.3 Å². The van der Waals surface area contributed by atoms with E-state index < -0.39 is 11.9 Å². The number of likely N-dealkylation sites (tertiary alicyclic amines) is 1. The lowest BCUT2D eigenvalue weighted by Gasteiger charge is -2.34. The first-order valence-corrected chi connectivity index (χ1v) is 8.44. The Balaban J connectivity index is 1.62. The van der Waals surface area contributed by atoms with E-state index in [4.69, 9.17) is 11.6 Å². The number of amides is 1. The maximum Gasteiger partial charge on any atom is 0.274 e. The van der Waals surface area contributed by atoms with Gasteiger partial charge < -0.3 is 10.4 Å². The van der Waals surface area contributed by atoms with E-state index in [0.29, 0.717) is 23.8 Å². The summed E-state index contributed by atoms with van der Waals surface area (Å²) < 4.78 is 15.5. The molecular weight excluding hydrogens is 335 g/mol. The van der Waals surface area contributed by atoms with Crippen molar-refractivity contribution >= 4 is 23.2 Å². The molecule has 0 radical (unpaired) electrons. The van der Waals surface area contributed by atoms with Gasteiger partial charge in [-0.1, -0.05) is 18.0 Å². The first-order chi connectivity index (χ1) is 11.6. The number of piperidine rings is 1. The van der Waals surface area contributed by atoms with Crippen LogP contribution in [0.2, 0.25) is 5.02 Å². The van der Waals surface area contributed by atoms with Crippen molar-refractivity contribution in [2.75, 3.05) is 26.2 Å². The highest BCUT2D eigenvalue weighted by Crippen LogP contribution is 2.17. The summed E-state index contributed by atoms with van der Waals surface area (Å²) >= 11 is 5.83. The zero-order valence-electron chi connectivity index (χ0n) is 13.2. The molecule has 0 aromatic carbocycles. The number of hydrogen-bond donors (Lipinski definition) is 2. The van der Waals surface area contributed by atoms with Crippen LogP contribution in [0.3, 0.4) is 0 Å². The van der Waals surface area contributed by atoms with E-state index in [1.165, 1.54) is 6.20 Å². The Morgan fingerprint density at radius 3 is 3.08 bits per heavy atom. The van der Waals surface area contributed by atoms with Gasteiger partial charge in [0, 0.05) is 25.3 Å². The second-order valence-electron chi connectivity index (χ2n) is 5.95. The first kappa shape index (κ1) is 17.1. The van der Waals surface area contributed by atoms with Crippen molar-refractivity contribution in [2.45, 2.75) is 25.3 Å². The SMILES string of the molecule is O=C(NCCN1CCCC[C@H]1CO)c1nc2ccc(Cl)cn2c1F. The summed E-state index contributed by atoms with van der Waals surface area (Å²) in [5.41, 5.74) is 0.0908. The molecule has 1 atom stereocenters. The number of aromatic nitrogens is 2. The second kappa shape index (κ2) is 7.46. The van der Waals surface area contributed by atoms with Gasteiger partial charge in [-0.05, 0) is 31.5 Å². The molecule has 8 heteroatoms. The van der Waals surface area contributed by atoms with Crippen LogP contribution in [0, 0.1) is 5.95 Å². The minimum Gasteiger partial charge on any atom is -0.395 e. The molecule has 3 heterocycles. The molecular formula is C16H20ClFN4O2. The van der Waals surface area contributed by atoms with Crippen LogP contribution in [0.1, 0.15) is 29.8 Å². The zero-order chi connectivity index (χ0) is 17.1. The number of aliphatic hydroxyl groups is 1. The van der Waals surface area contributed by atoms with Gasteiger partial charge in [0.25, 0.3) is 5.91 Å². The van der Waals surface area contributed by atoms with Crippen molar-refractivity contribution in [3.63, 3.8) is 0 Å². The zero-order valence-corrected chi connectivity index (χ0v) is 14.0. The molecule has 24 heavy (non-hydrogen) atoms. The highest BCUT2D eigenvalue weighted by molar-refractivity contribution is 6.30. The van der Waals surface area contributed by atoms with Gasteiger partial charge in [-0.15, -0.1) is 0 Å². The summed E-state index contributed by atoms with van der Waals surface area (Å²) in [5.74, 6) is -1.28. The maximum atomic E-state index is 14.3. The Kier molecular flexibility index (Phi) is 5.33. The minimum absolute atomic E-state index is 0.121. The fourth-order valence-electron chi connectivity index (χ4n) is 3.09. The molecule has 1 saturated heterocycles. The predicted molar refractivity (Wildman–Crippen MR) is 88.8 cm³/mol. The van der Waals surface area contributed by atoms with Crippen LogP contribution in [-0.2, 0) is 0 Å². The van der Waals surface area contributed by atoms with Crippen molar-refractivity contribution in [3.05, 3.63) is 35.0 Å². The van der Waals surface area contributed by atoms with E-state index in [9.17, 15) is 14.3 Å². The van der Waals surface area contributed by atoms with Gasteiger partial charge in [0.2, 0.25) is 5.95 Å². The van der Waals surface area contributed by atoms with Crippen LogP contribution in [-0.4, -0.2) is 57.6 Å². The van der Waals surface area contributed by atoms with Gasteiger partial charge >= 0.3 is 0 Å². The summed E-state index contributed by atoms with van der Waals surface area (Å²) in [4.78, 5) is 18.4. The number of nitrogens with zero attached hydrogens (tertiary/aromatic N) is 3. The second-order valence-corrected chi connectivity index (χ2v) is 6.39. The number of pyridine rings is 1. The van der Waals surface area contributed by atoms with Gasteiger partial charge in [-0.2, -0.15) is 4.39 Å². The van der Waals surface area contributed by atoms with Crippen molar-refractivity contribution in [2.24, 2.45) is 0 Å². The molecule has 1 aliphatic rings. The van der Waals surface area contributed by atoms with Crippen molar-refractivity contribution in [1.29, 1.82) is 0 Å². The van der Waals surface area contributed by atoms with Crippen LogP contribution in [0.25, 0.3) is 5.65 Å². The predicted octanol–water partition coefficient (Wildman–Crippen LogP) is 1.70. The highest BCUT2D eigenvalue weighted by atomic mass is 35.5. The topological polar surface area (TPSA) is 69.9 Å². The molecule has 2 aromatic rings. The number of aliphatic hydroxyl groups excluding tert-OH is 1. The van der Waals surface area contributed by atoms with Crippen LogP contribution < -0.4 is 5.32 Å². The summed E-state index contributed by atoms with van der Waals surface area (Å²) in [7, 11) is 0. The van der Waals surface area contributed by atoms with E-state index in [2.05, 4.69) is 15.2 Å². The standard InChI is InChI=1S/C16H20ClFN4O2/c17-11-4-5-13-20-14(15(18)22(13)9-11)16(24)19-6-8-21-7-2-1-3-12(21)10-23/h4-5,9,12,23H,1-3,6-8,10H2,(H,19,24)/t12-/m0/s1. The van der Waals surface area contributed by atoms with Crippen molar-refractivity contribution in [3.8, 4) is 0 Å². The normalized spacial score (nSPS) is 18.9. The van der Waals surface area contributed by atoms with E-state index in [-0.39, 0.29) is 18.3 Å². The molecule has 2 aromatic heterocycles. The Morgan fingerprint density at radius 1 is 1.46 bits per heavy atom. The number of fused-ring (bicyclic) bond motifs is 1. The van der Waals surface area contributed by atoms with E-state index in [0.717, 1.165) is 30.2 Å². The van der Waals surface area contributed by atoms with Crippen LogP contribution in [0.5, 0.6) is 0 Å². The van der Waals surface area contributed by atoms with Gasteiger partial charge in [-0.25, -0.2) is 4.98 Å². The van der Waals surface area contributed by atoms with Crippen molar-refractivity contribution in [1.82, 2.24) is 19.6 Å². The average molecular weight is 355 g/mol. The van der Waals surface area contributed by atoms with Gasteiger partial charge in [0.15, 0.2) is 5.69 Å². The smallest absolute Gasteiger partial charge is 0.274 e. The largest absolute Gasteiger partial charge is 0.395 e. The van der Waals surface area contributed by atoms with E-state index >= 15 is 0 Å². The highest BCUT2D eigenvalue weighted by Gasteiger charge is 2.22. The third-order valence-electron chi connectivity index (χ3n) is 4.38. The monoisotopic (exact) mass is 354 g/mol. The molecule has 3 rings (SSSR count). The summed E-state index contributed by atoms with van der Waals surface area (Å²) in [6, 6.07) is 3.29. The Bertz CT molecular complexity index is 736. The molecule has 1 aliphatic heterocycles. The number of hydrogen-bond acceptors (Lipinski definition) is 4. The number of nitrogens with one attached hydrogen (secondary N) is 1. The van der Waals surface area contributed by atoms with Gasteiger partial charge in [-0.3, -0.25) is 14.1 Å². The molecule has 0 spiro atoms. The van der Waals surface area contributed by atoms with Crippen LogP contribution in [0.15, 0.2) is 18.3 Å². The maximum absolute atomic E-state index is 14.3. The van der Waals surface area contributed by atoms with E-state index in [1.54, 1.807) is 12.1 Å². The third kappa shape index (κ3) is 3.53. The number of rotatable bonds is 5. The van der Waals surface area contributed by atoms with E-state index in [1.807, 2.05) is 0 Å². The molecule has 0 unspecified atom stereocenters. The van der Waals surface area contributed by atoms with Crippen LogP contribution >= 0.6 is 11.6 Å². The average Bonchev–Trinajstić information content (AvgIpc) is 2.92. The molecule has 130 valence electrons. The van der Waals surface area contributed by atoms with Gasteiger partial charge in [0.05, 0.1) is 11.6 Å². The lowest BCUT2D eigenvalue weighted by Crippen LogP contribution is -2.45. The third-order valence-corrected chi connectivity index (χ3v) is 4.61. The first-order valence-electron chi connectivity index (χ1n) is 8.06. The lowest BCUT2D eigenvalue weighted by atomic mass is 10.0. The molecule has 1 amide bonds. The molecule has 0 aliphatic carbocycles. The van der Waals surface area contributed by atoms with Crippen LogP contribution in [0.4, 0.5) is 4.39 Å². The molecule has 2 N–H and O–H groups in total. The number of halogens is 2. The molecule has 1 fully saturated rings. The Labute approximate surface area is 144 Å². The summed E-state index contributed by atoms with van der Waals surface area (Å²) in [5, 5.41) is 12.4. The lowest BCUT2D eigenvalue weighted by molar-refractivity contribution is 0.0845. The molecule has 0 bridgehead atoms. The molecule has 6 nitrogen and oxygen atoms in total. The quantitative estimate of drug-likeness (QED) is 0.857. The Morgan fingerprint density at radius 2 is 2.29 bits per heavy atom. The number of carbonyl (C=O) groups is 1. The fourth-order valence-corrected chi connectivity index (χ4v) is 3.25.